The Morgan fingerprint density at radius 1 is 0.974 bits per heavy atom. The van der Waals surface area contributed by atoms with E-state index in [0.717, 1.165) is 55.1 Å². The Balaban J connectivity index is 1.39. The number of hydrogen-bond donors (Lipinski definition) is 1. The molecular formula is C29H33F3N4O3. The van der Waals surface area contributed by atoms with E-state index in [-0.39, 0.29) is 17.0 Å². The lowest BCUT2D eigenvalue weighted by Gasteiger charge is -2.40. The van der Waals surface area contributed by atoms with Crippen molar-refractivity contribution in [1.82, 2.24) is 20.0 Å². The number of halogens is 3. The van der Waals surface area contributed by atoms with Crippen molar-refractivity contribution in [2.75, 3.05) is 33.2 Å². The van der Waals surface area contributed by atoms with Crippen LogP contribution in [0.1, 0.15) is 56.2 Å². The van der Waals surface area contributed by atoms with Crippen molar-refractivity contribution in [3.05, 3.63) is 82.3 Å². The van der Waals surface area contributed by atoms with Crippen molar-refractivity contribution in [2.45, 2.75) is 45.1 Å². The van der Waals surface area contributed by atoms with Crippen molar-refractivity contribution in [3.63, 3.8) is 0 Å². The maximum Gasteiger partial charge on any atom is 0.331 e. The van der Waals surface area contributed by atoms with E-state index < -0.39 is 35.5 Å². The highest BCUT2D eigenvalue weighted by atomic mass is 19.2. The molecule has 4 amide bonds. The summed E-state index contributed by atoms with van der Waals surface area (Å²) in [5.74, 6) is -3.14. The summed E-state index contributed by atoms with van der Waals surface area (Å²) >= 11 is 0. The minimum atomic E-state index is -1.19. The Kier molecular flexibility index (Phi) is 8.74. The van der Waals surface area contributed by atoms with Crippen molar-refractivity contribution < 1.29 is 27.6 Å². The van der Waals surface area contributed by atoms with Crippen LogP contribution in [0.3, 0.4) is 0 Å². The summed E-state index contributed by atoms with van der Waals surface area (Å²) in [6.45, 7) is 5.71. The van der Waals surface area contributed by atoms with Gasteiger partial charge in [0.05, 0.1) is 11.6 Å². The third kappa shape index (κ3) is 6.16. The van der Waals surface area contributed by atoms with Gasteiger partial charge in [0.25, 0.3) is 5.91 Å². The second-order valence-electron chi connectivity index (χ2n) is 10.1. The average Bonchev–Trinajstić information content (AvgIpc) is 2.91. The molecule has 39 heavy (non-hydrogen) atoms. The number of nitrogens with one attached hydrogen (secondary N) is 1. The fraction of sp³-hybridized carbons (Fsp3) is 0.414. The van der Waals surface area contributed by atoms with E-state index in [4.69, 9.17) is 0 Å². The van der Waals surface area contributed by atoms with Gasteiger partial charge in [-0.05, 0) is 87.1 Å². The zero-order valence-electron chi connectivity index (χ0n) is 22.3. The van der Waals surface area contributed by atoms with E-state index in [0.29, 0.717) is 24.6 Å². The number of amides is 4. The molecule has 2 aliphatic rings. The highest BCUT2D eigenvalue weighted by Crippen LogP contribution is 2.37. The smallest absolute Gasteiger partial charge is 0.331 e. The molecule has 0 aliphatic carbocycles. The number of allylic oxidation sites excluding steroid dienone is 1. The van der Waals surface area contributed by atoms with Crippen LogP contribution < -0.4 is 5.32 Å². The van der Waals surface area contributed by atoms with Gasteiger partial charge in [-0.1, -0.05) is 18.2 Å². The fourth-order valence-corrected chi connectivity index (χ4v) is 5.35. The molecule has 0 aromatic heterocycles. The second kappa shape index (κ2) is 12.0. The molecular weight excluding hydrogens is 509 g/mol. The number of likely N-dealkylation sites (tertiary alicyclic amines) is 1. The third-order valence-corrected chi connectivity index (χ3v) is 7.63. The number of hydrogen-bond acceptors (Lipinski definition) is 4. The summed E-state index contributed by atoms with van der Waals surface area (Å²) in [6, 6.07) is 7.93. The first-order valence-corrected chi connectivity index (χ1v) is 13.1. The van der Waals surface area contributed by atoms with E-state index in [1.165, 1.54) is 37.1 Å². The summed E-state index contributed by atoms with van der Waals surface area (Å²) in [6.07, 6.45) is 2.63. The van der Waals surface area contributed by atoms with Crippen LogP contribution in [0.5, 0.6) is 0 Å². The first-order chi connectivity index (χ1) is 18.6. The van der Waals surface area contributed by atoms with E-state index in [9.17, 15) is 27.6 Å². The molecule has 2 heterocycles. The van der Waals surface area contributed by atoms with Crippen LogP contribution in [0.15, 0.2) is 53.7 Å². The number of piperidine rings is 1. The minimum Gasteiger partial charge on any atom is -0.352 e. The molecule has 0 spiro atoms. The number of benzene rings is 2. The topological polar surface area (TPSA) is 73.0 Å². The molecule has 0 bridgehead atoms. The van der Waals surface area contributed by atoms with E-state index in [2.05, 4.69) is 10.2 Å². The minimum absolute atomic E-state index is 0.124. The van der Waals surface area contributed by atoms with Gasteiger partial charge >= 0.3 is 6.03 Å². The van der Waals surface area contributed by atoms with E-state index in [1.54, 1.807) is 6.92 Å². The van der Waals surface area contributed by atoms with Gasteiger partial charge in [-0.2, -0.15) is 0 Å². The van der Waals surface area contributed by atoms with Crippen LogP contribution in [-0.4, -0.2) is 65.8 Å². The highest BCUT2D eigenvalue weighted by Gasteiger charge is 2.42. The molecule has 2 aliphatic heterocycles. The first-order valence-electron chi connectivity index (χ1n) is 13.1. The highest BCUT2D eigenvalue weighted by molar-refractivity contribution is 6.03. The number of carbonyl (C=O) groups excluding carboxylic acids is 3. The van der Waals surface area contributed by atoms with Crippen molar-refractivity contribution in [3.8, 4) is 0 Å². The van der Waals surface area contributed by atoms with E-state index >= 15 is 0 Å². The number of imide groups is 1. The predicted molar refractivity (Wildman–Crippen MR) is 140 cm³/mol. The normalized spacial score (nSPS) is 19.0. The number of carbonyl (C=O) groups is 3. The summed E-state index contributed by atoms with van der Waals surface area (Å²) in [5.41, 5.74) is 1.73. The molecule has 1 fully saturated rings. The lowest BCUT2D eigenvalue weighted by atomic mass is 9.89. The fourth-order valence-electron chi connectivity index (χ4n) is 5.35. The largest absolute Gasteiger partial charge is 0.352 e. The summed E-state index contributed by atoms with van der Waals surface area (Å²) in [4.78, 5) is 43.2. The van der Waals surface area contributed by atoms with Gasteiger partial charge in [-0.15, -0.1) is 0 Å². The van der Waals surface area contributed by atoms with Gasteiger partial charge in [0.1, 0.15) is 5.82 Å². The lowest BCUT2D eigenvalue weighted by Crippen LogP contribution is -2.52. The molecule has 2 aromatic rings. The maximum absolute atomic E-state index is 14.1. The predicted octanol–water partition coefficient (Wildman–Crippen LogP) is 4.72. The van der Waals surface area contributed by atoms with Crippen LogP contribution in [0, 0.1) is 17.5 Å². The summed E-state index contributed by atoms with van der Waals surface area (Å²) < 4.78 is 41.0. The van der Waals surface area contributed by atoms with E-state index in [1.807, 2.05) is 12.1 Å². The molecule has 1 atom stereocenters. The number of urea groups is 1. The molecule has 1 N–H and O–H groups in total. The molecule has 1 unspecified atom stereocenters. The molecule has 0 saturated carbocycles. The quantitative estimate of drug-likeness (QED) is 0.514. The molecule has 1 saturated heterocycles. The molecule has 10 heteroatoms. The summed E-state index contributed by atoms with van der Waals surface area (Å²) in [5, 5.41) is 2.88. The lowest BCUT2D eigenvalue weighted by molar-refractivity contribution is -0.128. The third-order valence-electron chi connectivity index (χ3n) is 7.63. The molecule has 2 aromatic carbocycles. The van der Waals surface area contributed by atoms with Gasteiger partial charge in [0.15, 0.2) is 11.6 Å². The Bertz CT molecular complexity index is 1270. The van der Waals surface area contributed by atoms with Crippen LogP contribution in [0.4, 0.5) is 18.0 Å². The zero-order chi connectivity index (χ0) is 28.3. The standard InChI is InChI=1S/C29H33F3N4O3/c1-18-26(27(22-7-10-24(31)25(32)17-22)36(19(2)37)29(39)34(18)3)28(38)33-13-4-14-35-15-11-21(12-16-35)20-5-8-23(30)9-6-20/h5-10,17,21,27H,4,11-16H2,1-3H3,(H,33,38). The monoisotopic (exact) mass is 542 g/mol. The Labute approximate surface area is 226 Å². The molecule has 4 rings (SSSR count). The molecule has 7 nitrogen and oxygen atoms in total. The SMILES string of the molecule is CC(=O)N1C(=O)N(C)C(C)=C(C(=O)NCCCN2CCC(c3ccc(F)cc3)CC2)C1c1ccc(F)c(F)c1. The molecule has 0 radical (unpaired) electrons. The van der Waals surface area contributed by atoms with Crippen LogP contribution in [0.2, 0.25) is 0 Å². The van der Waals surface area contributed by atoms with Gasteiger partial charge < -0.3 is 15.1 Å². The Morgan fingerprint density at radius 2 is 1.62 bits per heavy atom. The molecule has 208 valence electrons. The zero-order valence-corrected chi connectivity index (χ0v) is 22.3. The average molecular weight is 543 g/mol. The number of rotatable bonds is 7. The van der Waals surface area contributed by atoms with Gasteiger partial charge in [0, 0.05) is 26.2 Å². The second-order valence-corrected chi connectivity index (χ2v) is 10.1. The number of nitrogens with zero attached hydrogens (tertiary/aromatic N) is 3. The van der Waals surface area contributed by atoms with Crippen LogP contribution in [0.25, 0.3) is 0 Å². The first kappa shape index (κ1) is 28.4. The van der Waals surface area contributed by atoms with Crippen molar-refractivity contribution in [2.24, 2.45) is 0 Å². The Morgan fingerprint density at radius 3 is 2.23 bits per heavy atom. The van der Waals surface area contributed by atoms with Gasteiger partial charge in [-0.3, -0.25) is 14.5 Å². The van der Waals surface area contributed by atoms with Crippen LogP contribution >= 0.6 is 0 Å². The summed E-state index contributed by atoms with van der Waals surface area (Å²) in [7, 11) is 1.46. The van der Waals surface area contributed by atoms with Crippen LogP contribution in [-0.2, 0) is 9.59 Å². The van der Waals surface area contributed by atoms with Gasteiger partial charge in [-0.25, -0.2) is 18.0 Å². The Hall–Kier alpha value is -3.66. The van der Waals surface area contributed by atoms with Crippen molar-refractivity contribution in [1.29, 1.82) is 0 Å². The van der Waals surface area contributed by atoms with Crippen molar-refractivity contribution >= 4 is 17.8 Å². The van der Waals surface area contributed by atoms with Gasteiger partial charge in [0.2, 0.25) is 5.91 Å². The maximum atomic E-state index is 14.1.